The van der Waals surface area contributed by atoms with E-state index in [4.69, 9.17) is 0 Å². The van der Waals surface area contributed by atoms with E-state index in [0.717, 1.165) is 52.7 Å². The SMILES string of the molecule is CNC(=O)c1ccc2c(-c3cc4cc(CN5CCC(NC)C(F)C5)ccc4[nH]3)n[nH]c2c1. The molecule has 2 atom stereocenters. The summed E-state index contributed by atoms with van der Waals surface area (Å²) in [7, 11) is 3.44. The summed E-state index contributed by atoms with van der Waals surface area (Å²) in [4.78, 5) is 17.5. The summed E-state index contributed by atoms with van der Waals surface area (Å²) in [6.07, 6.45) is -0.0181. The van der Waals surface area contributed by atoms with E-state index >= 15 is 0 Å². The molecular weight excluding hydrogens is 407 g/mol. The average Bonchev–Trinajstić information content (AvgIpc) is 3.41. The number of nitrogens with zero attached hydrogens (tertiary/aromatic N) is 2. The number of carbonyl (C=O) groups is 1. The van der Waals surface area contributed by atoms with Gasteiger partial charge < -0.3 is 15.6 Å². The van der Waals surface area contributed by atoms with Crippen molar-refractivity contribution in [2.75, 3.05) is 27.2 Å². The van der Waals surface area contributed by atoms with Crippen LogP contribution in [-0.4, -0.2) is 65.4 Å². The van der Waals surface area contributed by atoms with E-state index in [0.29, 0.717) is 12.1 Å². The third kappa shape index (κ3) is 3.76. The van der Waals surface area contributed by atoms with Crippen molar-refractivity contribution in [2.45, 2.75) is 25.2 Å². The number of H-pyrrole nitrogens is 2. The molecule has 7 nitrogen and oxygen atoms in total. The van der Waals surface area contributed by atoms with Gasteiger partial charge in [0, 0.05) is 54.6 Å². The number of nitrogens with one attached hydrogen (secondary N) is 4. The molecule has 0 bridgehead atoms. The first-order chi connectivity index (χ1) is 15.6. The number of hydrogen-bond acceptors (Lipinski definition) is 4. The molecule has 1 aliphatic rings. The fraction of sp³-hybridized carbons (Fsp3) is 0.333. The maximum atomic E-state index is 14.3. The molecule has 0 radical (unpaired) electrons. The largest absolute Gasteiger partial charge is 0.355 e. The molecule has 1 aliphatic heterocycles. The number of alkyl halides is 1. The van der Waals surface area contributed by atoms with Gasteiger partial charge >= 0.3 is 0 Å². The molecule has 166 valence electrons. The third-order valence-corrected chi connectivity index (χ3v) is 6.39. The van der Waals surface area contributed by atoms with Crippen molar-refractivity contribution in [1.82, 2.24) is 30.7 Å². The predicted octanol–water partition coefficient (Wildman–Crippen LogP) is 3.20. The Kier molecular flexibility index (Phi) is 5.40. The van der Waals surface area contributed by atoms with Gasteiger partial charge in [0.2, 0.25) is 0 Å². The molecule has 0 saturated carbocycles. The van der Waals surface area contributed by atoms with Gasteiger partial charge in [-0.05, 0) is 55.4 Å². The van der Waals surface area contributed by atoms with Crippen molar-refractivity contribution in [2.24, 2.45) is 0 Å². The van der Waals surface area contributed by atoms with Crippen LogP contribution in [-0.2, 0) is 6.54 Å². The van der Waals surface area contributed by atoms with Crippen LogP contribution in [0.1, 0.15) is 22.3 Å². The standard InChI is InChI=1S/C24H27FN6O/c1-26-20-7-8-31(13-18(20)25)12-14-3-6-19-16(9-14)11-22(28-19)23-17-5-4-15(24(32)27-2)10-21(17)29-30-23/h3-6,9-11,18,20,26,28H,7-8,12-13H2,1-2H3,(H,27,32)(H,29,30). The fourth-order valence-corrected chi connectivity index (χ4v) is 4.61. The summed E-state index contributed by atoms with van der Waals surface area (Å²) in [6.45, 7) is 2.08. The summed E-state index contributed by atoms with van der Waals surface area (Å²) < 4.78 is 14.3. The van der Waals surface area contributed by atoms with E-state index in [2.05, 4.69) is 55.0 Å². The zero-order valence-electron chi connectivity index (χ0n) is 18.2. The molecule has 1 fully saturated rings. The van der Waals surface area contributed by atoms with E-state index < -0.39 is 6.17 Å². The van der Waals surface area contributed by atoms with Crippen molar-refractivity contribution in [3.8, 4) is 11.4 Å². The van der Waals surface area contributed by atoms with E-state index in [1.165, 1.54) is 5.56 Å². The van der Waals surface area contributed by atoms with E-state index in [1.54, 1.807) is 19.2 Å². The van der Waals surface area contributed by atoms with Crippen molar-refractivity contribution < 1.29 is 9.18 Å². The second kappa shape index (κ2) is 8.37. The highest BCUT2D eigenvalue weighted by molar-refractivity contribution is 6.01. The highest BCUT2D eigenvalue weighted by atomic mass is 19.1. The minimum absolute atomic E-state index is 0.0444. The molecule has 1 amide bonds. The van der Waals surface area contributed by atoms with Crippen LogP contribution >= 0.6 is 0 Å². The minimum atomic E-state index is -0.840. The number of halogens is 1. The van der Waals surface area contributed by atoms with Gasteiger partial charge in [-0.25, -0.2) is 4.39 Å². The average molecular weight is 435 g/mol. The Bertz CT molecular complexity index is 1280. The first kappa shape index (κ1) is 20.7. The van der Waals surface area contributed by atoms with Gasteiger partial charge in [-0.15, -0.1) is 0 Å². The molecule has 4 N–H and O–H groups in total. The van der Waals surface area contributed by atoms with Crippen LogP contribution in [0.25, 0.3) is 33.2 Å². The number of aromatic nitrogens is 3. The van der Waals surface area contributed by atoms with Crippen molar-refractivity contribution in [1.29, 1.82) is 0 Å². The Labute approximate surface area is 185 Å². The quantitative estimate of drug-likeness (QED) is 0.388. The molecule has 2 aromatic carbocycles. The van der Waals surface area contributed by atoms with E-state index in [9.17, 15) is 9.18 Å². The van der Waals surface area contributed by atoms with Crippen LogP contribution in [0.3, 0.4) is 0 Å². The normalized spacial score (nSPS) is 19.6. The lowest BCUT2D eigenvalue weighted by atomic mass is 10.0. The number of likely N-dealkylation sites (tertiary alicyclic amines) is 1. The second-order valence-electron chi connectivity index (χ2n) is 8.45. The molecule has 3 heterocycles. The van der Waals surface area contributed by atoms with Gasteiger partial charge in [-0.3, -0.25) is 14.8 Å². The minimum Gasteiger partial charge on any atom is -0.355 e. The van der Waals surface area contributed by atoms with Crippen LogP contribution in [0.4, 0.5) is 4.39 Å². The smallest absolute Gasteiger partial charge is 0.251 e. The van der Waals surface area contributed by atoms with Crippen LogP contribution < -0.4 is 10.6 Å². The number of fused-ring (bicyclic) bond motifs is 2. The van der Waals surface area contributed by atoms with Crippen LogP contribution in [0.5, 0.6) is 0 Å². The number of aromatic amines is 2. The number of benzene rings is 2. The van der Waals surface area contributed by atoms with Crippen LogP contribution in [0.2, 0.25) is 0 Å². The molecule has 2 aromatic heterocycles. The Morgan fingerprint density at radius 2 is 2.06 bits per heavy atom. The summed E-state index contributed by atoms with van der Waals surface area (Å²) in [5, 5.41) is 15.3. The number of rotatable bonds is 5. The molecular formula is C24H27FN6O. The maximum absolute atomic E-state index is 14.3. The lowest BCUT2D eigenvalue weighted by Gasteiger charge is -2.34. The van der Waals surface area contributed by atoms with Crippen LogP contribution in [0, 0.1) is 0 Å². The Morgan fingerprint density at radius 1 is 1.19 bits per heavy atom. The second-order valence-corrected chi connectivity index (χ2v) is 8.45. The first-order valence-electron chi connectivity index (χ1n) is 10.9. The third-order valence-electron chi connectivity index (χ3n) is 6.39. The summed E-state index contributed by atoms with van der Waals surface area (Å²) in [5.41, 5.74) is 5.32. The first-order valence-corrected chi connectivity index (χ1v) is 10.9. The van der Waals surface area contributed by atoms with Crippen molar-refractivity contribution in [3.63, 3.8) is 0 Å². The summed E-state index contributed by atoms with van der Waals surface area (Å²) in [5.74, 6) is -0.129. The van der Waals surface area contributed by atoms with E-state index in [1.807, 2.05) is 13.1 Å². The Morgan fingerprint density at radius 3 is 2.84 bits per heavy atom. The van der Waals surface area contributed by atoms with Gasteiger partial charge in [0.15, 0.2) is 0 Å². The molecule has 4 aromatic rings. The molecule has 5 rings (SSSR count). The predicted molar refractivity (Wildman–Crippen MR) is 124 cm³/mol. The van der Waals surface area contributed by atoms with Gasteiger partial charge in [0.1, 0.15) is 11.9 Å². The van der Waals surface area contributed by atoms with Crippen molar-refractivity contribution >= 4 is 27.7 Å². The fourth-order valence-electron chi connectivity index (χ4n) is 4.61. The lowest BCUT2D eigenvalue weighted by molar-refractivity contribution is 0.0963. The zero-order chi connectivity index (χ0) is 22.2. The number of amides is 1. The monoisotopic (exact) mass is 434 g/mol. The van der Waals surface area contributed by atoms with Gasteiger partial charge in [0.25, 0.3) is 5.91 Å². The molecule has 1 saturated heterocycles. The zero-order valence-corrected chi connectivity index (χ0v) is 18.2. The Balaban J connectivity index is 1.39. The van der Waals surface area contributed by atoms with E-state index in [-0.39, 0.29) is 11.9 Å². The molecule has 0 aliphatic carbocycles. The molecule has 0 spiro atoms. The maximum Gasteiger partial charge on any atom is 0.251 e. The molecule has 2 unspecified atom stereocenters. The lowest BCUT2D eigenvalue weighted by Crippen LogP contribution is -2.49. The highest BCUT2D eigenvalue weighted by Crippen LogP contribution is 2.30. The molecule has 8 heteroatoms. The van der Waals surface area contributed by atoms with Gasteiger partial charge in [0.05, 0.1) is 11.2 Å². The molecule has 32 heavy (non-hydrogen) atoms. The van der Waals surface area contributed by atoms with Crippen molar-refractivity contribution in [3.05, 3.63) is 53.6 Å². The van der Waals surface area contributed by atoms with Gasteiger partial charge in [-0.1, -0.05) is 6.07 Å². The van der Waals surface area contributed by atoms with Crippen LogP contribution in [0.15, 0.2) is 42.5 Å². The topological polar surface area (TPSA) is 88.8 Å². The Hall–Kier alpha value is -3.23. The number of hydrogen-bond donors (Lipinski definition) is 4. The number of carbonyl (C=O) groups excluding carboxylic acids is 1. The van der Waals surface area contributed by atoms with Gasteiger partial charge in [-0.2, -0.15) is 5.10 Å². The number of piperidine rings is 1. The summed E-state index contributed by atoms with van der Waals surface area (Å²) >= 11 is 0. The summed E-state index contributed by atoms with van der Waals surface area (Å²) in [6, 6.07) is 13.9. The highest BCUT2D eigenvalue weighted by Gasteiger charge is 2.27.